The van der Waals surface area contributed by atoms with Gasteiger partial charge in [-0.1, -0.05) is 19.9 Å². The number of aryl methyl sites for hydroxylation is 1. The van der Waals surface area contributed by atoms with E-state index in [4.69, 9.17) is 10.1 Å². The number of pyridine rings is 1. The largest absolute Gasteiger partial charge is 0.271 e. The minimum absolute atomic E-state index is 0.0362. The summed E-state index contributed by atoms with van der Waals surface area (Å²) in [5.41, 5.74) is 8.47. The number of nitrogens with one attached hydrogen (secondary N) is 1. The lowest BCUT2D eigenvalue weighted by molar-refractivity contribution is 0.0116. The predicted molar refractivity (Wildman–Crippen MR) is 153 cm³/mol. The normalized spacial score (nSPS) is 32.0. The van der Waals surface area contributed by atoms with Crippen molar-refractivity contribution in [3.05, 3.63) is 76.8 Å². The molecule has 2 aromatic heterocycles. The van der Waals surface area contributed by atoms with Crippen LogP contribution in [0.4, 0.5) is 4.39 Å². The number of allylic oxidation sites excluding steroid dienone is 2. The molecule has 200 valence electrons. The maximum absolute atomic E-state index is 13.5. The fourth-order valence-electron chi connectivity index (χ4n) is 8.25. The van der Waals surface area contributed by atoms with Gasteiger partial charge in [0.25, 0.3) is 5.91 Å². The number of thiazole rings is 1. The molecule has 7 heteroatoms. The summed E-state index contributed by atoms with van der Waals surface area (Å²) in [6.45, 7) is 4.88. The van der Waals surface area contributed by atoms with Crippen molar-refractivity contribution in [1.29, 1.82) is 0 Å². The van der Waals surface area contributed by atoms with Crippen molar-refractivity contribution in [2.75, 3.05) is 0 Å². The van der Waals surface area contributed by atoms with E-state index in [1.54, 1.807) is 35.9 Å². The fraction of sp³-hybridized carbons (Fsp3) is 0.438. The molecule has 5 atom stereocenters. The van der Waals surface area contributed by atoms with Crippen molar-refractivity contribution in [2.24, 2.45) is 33.7 Å². The molecule has 0 radical (unpaired) electrons. The molecular weight excluding hydrogens is 507 g/mol. The van der Waals surface area contributed by atoms with Gasteiger partial charge >= 0.3 is 0 Å². The third-order valence-electron chi connectivity index (χ3n) is 10.4. The lowest BCUT2D eigenvalue weighted by Gasteiger charge is -2.56. The van der Waals surface area contributed by atoms with Crippen LogP contribution in [-0.4, -0.2) is 21.6 Å². The summed E-state index contributed by atoms with van der Waals surface area (Å²) in [5, 5.41) is 5.70. The molecule has 0 saturated heterocycles. The van der Waals surface area contributed by atoms with Gasteiger partial charge in [-0.15, -0.1) is 11.3 Å². The third kappa shape index (κ3) is 3.92. The van der Waals surface area contributed by atoms with Crippen LogP contribution in [0, 0.1) is 34.4 Å². The fourth-order valence-corrected chi connectivity index (χ4v) is 9.55. The molecule has 5 nitrogen and oxygen atoms in total. The standard InChI is InChI=1S/C32H33FN4OS/c1-31-16-12-26-28(39-30(35-26)20-3-5-21(33)6-4-20)25(31)8-7-22-23-9-10-27(32(23,2)15-11-24(22)31)36-37-29(38)19-13-17-34-18-14-19/h3-6,8,13-14,17-18,22-24H,7,9-12,15-16H2,1-2H3,(H,37,38)/b36-27-/t22-,23-,24-,31+,32-/m0/s1. The number of carbonyl (C=O) groups is 1. The molecule has 1 amide bonds. The number of rotatable bonds is 3. The minimum atomic E-state index is -0.214. The molecule has 0 aliphatic heterocycles. The molecule has 2 heterocycles. The van der Waals surface area contributed by atoms with Gasteiger partial charge < -0.3 is 0 Å². The topological polar surface area (TPSA) is 67.2 Å². The van der Waals surface area contributed by atoms with Crippen molar-refractivity contribution in [3.63, 3.8) is 0 Å². The molecule has 0 spiro atoms. The van der Waals surface area contributed by atoms with Crippen molar-refractivity contribution in [2.45, 2.75) is 58.8 Å². The zero-order chi connectivity index (χ0) is 26.8. The van der Waals surface area contributed by atoms with E-state index in [9.17, 15) is 9.18 Å². The number of halogens is 1. The van der Waals surface area contributed by atoms with E-state index in [-0.39, 0.29) is 22.6 Å². The molecule has 3 aromatic rings. The van der Waals surface area contributed by atoms with Crippen LogP contribution < -0.4 is 5.43 Å². The molecule has 4 aliphatic rings. The van der Waals surface area contributed by atoms with Crippen molar-refractivity contribution < 1.29 is 9.18 Å². The quantitative estimate of drug-likeness (QED) is 0.354. The molecule has 4 aliphatic carbocycles. The zero-order valence-corrected chi connectivity index (χ0v) is 23.2. The van der Waals surface area contributed by atoms with E-state index < -0.39 is 0 Å². The Morgan fingerprint density at radius 3 is 2.59 bits per heavy atom. The second-order valence-corrected chi connectivity index (χ2v) is 13.2. The second-order valence-electron chi connectivity index (χ2n) is 12.2. The summed E-state index contributed by atoms with van der Waals surface area (Å²) < 4.78 is 13.5. The van der Waals surface area contributed by atoms with Gasteiger partial charge in [0.15, 0.2) is 0 Å². The summed E-state index contributed by atoms with van der Waals surface area (Å²) in [4.78, 5) is 23.0. The summed E-state index contributed by atoms with van der Waals surface area (Å²) in [7, 11) is 0. The van der Waals surface area contributed by atoms with E-state index in [0.29, 0.717) is 23.3 Å². The molecule has 0 unspecified atom stereocenters. The van der Waals surface area contributed by atoms with E-state index in [1.807, 2.05) is 12.1 Å². The smallest absolute Gasteiger partial charge is 0.267 e. The monoisotopic (exact) mass is 540 g/mol. The highest BCUT2D eigenvalue weighted by Gasteiger charge is 2.58. The Bertz CT molecular complexity index is 1500. The zero-order valence-electron chi connectivity index (χ0n) is 22.4. The molecule has 1 aromatic carbocycles. The summed E-state index contributed by atoms with van der Waals surface area (Å²) in [6.07, 6.45) is 13.4. The SMILES string of the molecule is C[C@]12CCc3nc(-c4ccc(F)cc4)sc3C1=CC[C@@H]1[C@@H]2CC[C@]2(C)/C(=N\NC(=O)c3ccncc3)CC[C@@H]12. The molecule has 39 heavy (non-hydrogen) atoms. The van der Waals surface area contributed by atoms with Gasteiger partial charge in [0, 0.05) is 34.6 Å². The number of amides is 1. The van der Waals surface area contributed by atoms with Crippen LogP contribution in [-0.2, 0) is 6.42 Å². The average Bonchev–Trinajstić information content (AvgIpc) is 3.53. The Morgan fingerprint density at radius 1 is 1.03 bits per heavy atom. The lowest BCUT2D eigenvalue weighted by Crippen LogP contribution is -2.49. The molecule has 2 saturated carbocycles. The van der Waals surface area contributed by atoms with Crippen molar-refractivity contribution in [1.82, 2.24) is 15.4 Å². The minimum Gasteiger partial charge on any atom is -0.267 e. The third-order valence-corrected chi connectivity index (χ3v) is 11.5. The molecular formula is C32H33FN4OS. The number of carbonyl (C=O) groups excluding carboxylic acids is 1. The molecule has 0 bridgehead atoms. The van der Waals surface area contributed by atoms with Gasteiger partial charge in [-0.3, -0.25) is 9.78 Å². The van der Waals surface area contributed by atoms with Crippen LogP contribution in [0.5, 0.6) is 0 Å². The number of hydrazone groups is 1. The first-order valence-electron chi connectivity index (χ1n) is 14.1. The second kappa shape index (κ2) is 9.19. The van der Waals surface area contributed by atoms with Gasteiger partial charge in [0.2, 0.25) is 0 Å². The number of aromatic nitrogens is 2. The lowest BCUT2D eigenvalue weighted by atomic mass is 9.48. The van der Waals surface area contributed by atoms with Crippen LogP contribution in [0.25, 0.3) is 16.1 Å². The van der Waals surface area contributed by atoms with Gasteiger partial charge in [0.05, 0.1) is 10.6 Å². The highest BCUT2D eigenvalue weighted by Crippen LogP contribution is 2.65. The van der Waals surface area contributed by atoms with Gasteiger partial charge in [-0.25, -0.2) is 14.8 Å². The van der Waals surface area contributed by atoms with Crippen LogP contribution in [0.2, 0.25) is 0 Å². The first kappa shape index (κ1) is 24.8. The first-order chi connectivity index (χ1) is 18.9. The summed E-state index contributed by atoms with van der Waals surface area (Å²) in [6, 6.07) is 10.2. The summed E-state index contributed by atoms with van der Waals surface area (Å²) >= 11 is 1.78. The van der Waals surface area contributed by atoms with Crippen LogP contribution >= 0.6 is 11.3 Å². The molecule has 1 N–H and O–H groups in total. The number of fused-ring (bicyclic) bond motifs is 7. The summed E-state index contributed by atoms with van der Waals surface area (Å²) in [5.74, 6) is 1.47. The van der Waals surface area contributed by atoms with Gasteiger partial charge in [-0.05, 0) is 110 Å². The van der Waals surface area contributed by atoms with Crippen LogP contribution in [0.15, 0.2) is 60.0 Å². The predicted octanol–water partition coefficient (Wildman–Crippen LogP) is 7.31. The number of hydrogen-bond donors (Lipinski definition) is 1. The Labute approximate surface area is 232 Å². The Morgan fingerprint density at radius 2 is 1.79 bits per heavy atom. The first-order valence-corrected chi connectivity index (χ1v) is 14.9. The number of nitrogens with zero attached hydrogens (tertiary/aromatic N) is 3. The maximum atomic E-state index is 13.5. The van der Waals surface area contributed by atoms with Gasteiger partial charge in [-0.2, -0.15) is 5.10 Å². The molecule has 7 rings (SSSR count). The van der Waals surface area contributed by atoms with Crippen LogP contribution in [0.3, 0.4) is 0 Å². The maximum Gasteiger partial charge on any atom is 0.271 e. The van der Waals surface area contributed by atoms with Crippen molar-refractivity contribution >= 4 is 28.5 Å². The Hall–Kier alpha value is -3.19. The van der Waals surface area contributed by atoms with Crippen LogP contribution in [0.1, 0.15) is 73.3 Å². The average molecular weight is 541 g/mol. The number of hydrogen-bond acceptors (Lipinski definition) is 5. The van der Waals surface area contributed by atoms with E-state index in [0.717, 1.165) is 54.8 Å². The van der Waals surface area contributed by atoms with Gasteiger partial charge in [0.1, 0.15) is 10.8 Å². The van der Waals surface area contributed by atoms with E-state index in [2.05, 4.69) is 30.3 Å². The number of benzene rings is 1. The Balaban J connectivity index is 1.15. The highest BCUT2D eigenvalue weighted by molar-refractivity contribution is 7.16. The molecule has 2 fully saturated rings. The highest BCUT2D eigenvalue weighted by atomic mass is 32.1. The van der Waals surface area contributed by atoms with Crippen molar-refractivity contribution in [3.8, 4) is 10.6 Å². The van der Waals surface area contributed by atoms with E-state index in [1.165, 1.54) is 34.7 Å². The van der Waals surface area contributed by atoms with E-state index >= 15 is 0 Å². The Kier molecular flexibility index (Phi) is 5.85.